The van der Waals surface area contributed by atoms with E-state index in [-0.39, 0.29) is 12.1 Å². The van der Waals surface area contributed by atoms with Crippen molar-refractivity contribution in [1.82, 2.24) is 10.3 Å². The Bertz CT molecular complexity index is 588. The number of hydrogen-bond donors (Lipinski definition) is 2. The number of rotatable bonds is 2. The van der Waals surface area contributed by atoms with Gasteiger partial charge in [-0.2, -0.15) is 0 Å². The van der Waals surface area contributed by atoms with E-state index in [1.807, 2.05) is 40.0 Å². The van der Waals surface area contributed by atoms with Crippen LogP contribution in [-0.4, -0.2) is 22.7 Å². The molecule has 1 aliphatic carbocycles. The molecule has 0 radical (unpaired) electrons. The lowest BCUT2D eigenvalue weighted by molar-refractivity contribution is 0.0502. The van der Waals surface area contributed by atoms with E-state index in [4.69, 9.17) is 10.5 Å². The number of anilines is 1. The number of pyridine rings is 1. The molecule has 22 heavy (non-hydrogen) atoms. The van der Waals surface area contributed by atoms with Crippen molar-refractivity contribution in [2.45, 2.75) is 58.6 Å². The number of nitrogens with two attached hydrogens (primary N) is 1. The quantitative estimate of drug-likeness (QED) is 0.877. The molecule has 1 aliphatic rings. The van der Waals surface area contributed by atoms with Crippen LogP contribution in [0.4, 0.5) is 10.6 Å². The Labute approximate surface area is 131 Å². The van der Waals surface area contributed by atoms with Gasteiger partial charge in [-0.1, -0.05) is 6.08 Å². The number of ether oxygens (including phenoxy) is 1. The molecule has 120 valence electrons. The zero-order valence-electron chi connectivity index (χ0n) is 13.8. The molecule has 0 fully saturated rings. The van der Waals surface area contributed by atoms with Crippen LogP contribution < -0.4 is 11.1 Å². The number of allylic oxidation sites excluding steroid dienone is 1. The lowest BCUT2D eigenvalue weighted by Crippen LogP contribution is -2.39. The minimum Gasteiger partial charge on any atom is -0.444 e. The van der Waals surface area contributed by atoms with Crippen LogP contribution in [0.3, 0.4) is 0 Å². The van der Waals surface area contributed by atoms with Crippen LogP contribution in [0.2, 0.25) is 0 Å². The monoisotopic (exact) mass is 303 g/mol. The van der Waals surface area contributed by atoms with E-state index < -0.39 is 5.60 Å². The van der Waals surface area contributed by atoms with Gasteiger partial charge < -0.3 is 15.8 Å². The van der Waals surface area contributed by atoms with Gasteiger partial charge in [0, 0.05) is 12.2 Å². The predicted octanol–water partition coefficient (Wildman–Crippen LogP) is 3.43. The minimum absolute atomic E-state index is 0.126. The van der Waals surface area contributed by atoms with Crippen molar-refractivity contribution < 1.29 is 9.53 Å². The first-order chi connectivity index (χ1) is 10.2. The average Bonchev–Trinajstić information content (AvgIpc) is 2.38. The van der Waals surface area contributed by atoms with E-state index >= 15 is 0 Å². The zero-order chi connectivity index (χ0) is 16.3. The molecule has 0 aliphatic heterocycles. The van der Waals surface area contributed by atoms with Crippen molar-refractivity contribution in [3.63, 3.8) is 0 Å². The third kappa shape index (κ3) is 4.48. The summed E-state index contributed by atoms with van der Waals surface area (Å²) in [6, 6.07) is 2.02. The highest BCUT2D eigenvalue weighted by atomic mass is 16.6. The van der Waals surface area contributed by atoms with Crippen LogP contribution in [0, 0.1) is 6.92 Å². The van der Waals surface area contributed by atoms with Crippen molar-refractivity contribution in [3.8, 4) is 0 Å². The topological polar surface area (TPSA) is 77.2 Å². The molecule has 0 saturated heterocycles. The third-order valence-electron chi connectivity index (χ3n) is 3.61. The fourth-order valence-corrected chi connectivity index (χ4v) is 2.60. The summed E-state index contributed by atoms with van der Waals surface area (Å²) in [5, 5.41) is 2.93. The summed E-state index contributed by atoms with van der Waals surface area (Å²) in [5.74, 6) is 0.544. The van der Waals surface area contributed by atoms with Gasteiger partial charge in [-0.05, 0) is 69.7 Å². The Balaban J connectivity index is 1.96. The maximum Gasteiger partial charge on any atom is 0.407 e. The minimum atomic E-state index is -0.466. The zero-order valence-corrected chi connectivity index (χ0v) is 13.8. The predicted molar refractivity (Wildman–Crippen MR) is 88.4 cm³/mol. The Morgan fingerprint density at radius 3 is 2.73 bits per heavy atom. The van der Waals surface area contributed by atoms with E-state index in [1.54, 1.807) is 0 Å². The van der Waals surface area contributed by atoms with Crippen LogP contribution in [0.1, 0.15) is 51.2 Å². The number of hydrogen-bond acceptors (Lipinski definition) is 4. The molecule has 1 heterocycles. The second kappa shape index (κ2) is 6.38. The molecule has 1 atom stereocenters. The number of aromatic nitrogens is 1. The van der Waals surface area contributed by atoms with E-state index in [9.17, 15) is 4.79 Å². The molecule has 5 heteroatoms. The van der Waals surface area contributed by atoms with Crippen LogP contribution in [0.25, 0.3) is 5.57 Å². The largest absolute Gasteiger partial charge is 0.444 e. The maximum atomic E-state index is 11.8. The van der Waals surface area contributed by atoms with E-state index in [0.717, 1.165) is 30.4 Å². The van der Waals surface area contributed by atoms with Crippen molar-refractivity contribution in [2.75, 3.05) is 5.73 Å². The molecule has 3 N–H and O–H groups in total. The molecule has 0 saturated carbocycles. The Morgan fingerprint density at radius 1 is 1.45 bits per heavy atom. The van der Waals surface area contributed by atoms with Gasteiger partial charge in [-0.25, -0.2) is 9.78 Å². The van der Waals surface area contributed by atoms with Crippen molar-refractivity contribution >= 4 is 17.5 Å². The number of nitrogens with one attached hydrogen (secondary N) is 1. The second-order valence-corrected chi connectivity index (χ2v) is 6.77. The van der Waals surface area contributed by atoms with Crippen LogP contribution in [0.5, 0.6) is 0 Å². The van der Waals surface area contributed by atoms with Crippen molar-refractivity contribution in [1.29, 1.82) is 0 Å². The number of nitrogen functional groups attached to an aromatic ring is 1. The first kappa shape index (κ1) is 16.3. The average molecular weight is 303 g/mol. The van der Waals surface area contributed by atoms with E-state index in [2.05, 4.69) is 16.4 Å². The van der Waals surface area contributed by atoms with Crippen LogP contribution >= 0.6 is 0 Å². The van der Waals surface area contributed by atoms with Crippen LogP contribution in [-0.2, 0) is 4.74 Å². The standard InChI is InChI=1S/C17H25N3O2/c1-11-9-15(18)19-10-14(11)12-5-7-13(8-6-12)20-16(21)22-17(2,3)4/h5,9-10,13H,6-8H2,1-4H3,(H2,18,19)(H,20,21). The fourth-order valence-electron chi connectivity index (χ4n) is 2.60. The van der Waals surface area contributed by atoms with Gasteiger partial charge in [0.05, 0.1) is 0 Å². The smallest absolute Gasteiger partial charge is 0.407 e. The van der Waals surface area contributed by atoms with Gasteiger partial charge in [0.1, 0.15) is 11.4 Å². The highest BCUT2D eigenvalue weighted by molar-refractivity contribution is 5.71. The summed E-state index contributed by atoms with van der Waals surface area (Å²) in [5.41, 5.74) is 8.78. The molecule has 1 aromatic heterocycles. The number of alkyl carbamates (subject to hydrolysis) is 1. The number of carbonyl (C=O) groups excluding carboxylic acids is 1. The SMILES string of the molecule is Cc1cc(N)ncc1C1=CCC(NC(=O)OC(C)(C)C)CC1. The summed E-state index contributed by atoms with van der Waals surface area (Å²) < 4.78 is 5.29. The fraction of sp³-hybridized carbons (Fsp3) is 0.529. The second-order valence-electron chi connectivity index (χ2n) is 6.77. The third-order valence-corrected chi connectivity index (χ3v) is 3.61. The van der Waals surface area contributed by atoms with Crippen molar-refractivity contribution in [2.24, 2.45) is 0 Å². The molecule has 1 aromatic rings. The number of carbonyl (C=O) groups is 1. The molecule has 2 rings (SSSR count). The number of amides is 1. The highest BCUT2D eigenvalue weighted by Gasteiger charge is 2.22. The molecule has 0 aromatic carbocycles. The van der Waals surface area contributed by atoms with Crippen LogP contribution in [0.15, 0.2) is 18.3 Å². The summed E-state index contributed by atoms with van der Waals surface area (Å²) in [6.45, 7) is 7.63. The normalized spacial score (nSPS) is 18.5. The Kier molecular flexibility index (Phi) is 4.74. The van der Waals surface area contributed by atoms with Crippen molar-refractivity contribution in [3.05, 3.63) is 29.5 Å². The molecule has 5 nitrogen and oxygen atoms in total. The van der Waals surface area contributed by atoms with Gasteiger partial charge in [0.15, 0.2) is 0 Å². The van der Waals surface area contributed by atoms with E-state index in [0.29, 0.717) is 5.82 Å². The lowest BCUT2D eigenvalue weighted by Gasteiger charge is -2.26. The maximum absolute atomic E-state index is 11.8. The summed E-state index contributed by atoms with van der Waals surface area (Å²) in [7, 11) is 0. The van der Waals surface area contributed by atoms with Gasteiger partial charge in [0.25, 0.3) is 0 Å². The molecule has 1 amide bonds. The molecular formula is C17H25N3O2. The highest BCUT2D eigenvalue weighted by Crippen LogP contribution is 2.29. The first-order valence-corrected chi connectivity index (χ1v) is 7.65. The summed E-state index contributed by atoms with van der Waals surface area (Å²) in [4.78, 5) is 16.0. The summed E-state index contributed by atoms with van der Waals surface area (Å²) in [6.07, 6.45) is 6.27. The number of nitrogens with zero attached hydrogens (tertiary/aromatic N) is 1. The lowest BCUT2D eigenvalue weighted by atomic mass is 9.90. The Hall–Kier alpha value is -2.04. The molecular weight excluding hydrogens is 278 g/mol. The number of aryl methyl sites for hydroxylation is 1. The van der Waals surface area contributed by atoms with E-state index in [1.165, 1.54) is 5.57 Å². The first-order valence-electron chi connectivity index (χ1n) is 7.65. The van der Waals surface area contributed by atoms with Gasteiger partial charge in [0.2, 0.25) is 0 Å². The molecule has 1 unspecified atom stereocenters. The van der Waals surface area contributed by atoms with Gasteiger partial charge >= 0.3 is 6.09 Å². The molecule has 0 bridgehead atoms. The van der Waals surface area contributed by atoms with Gasteiger partial charge in [-0.3, -0.25) is 0 Å². The Morgan fingerprint density at radius 2 is 2.18 bits per heavy atom. The molecule has 0 spiro atoms. The van der Waals surface area contributed by atoms with Gasteiger partial charge in [-0.15, -0.1) is 0 Å². The summed E-state index contributed by atoms with van der Waals surface area (Å²) >= 11 is 0.